The summed E-state index contributed by atoms with van der Waals surface area (Å²) in [6.07, 6.45) is 13.4. The molecule has 3 heterocycles. The van der Waals surface area contributed by atoms with E-state index in [0.29, 0.717) is 36.7 Å². The normalized spacial score (nSPS) is 25.5. The molecule has 0 radical (unpaired) electrons. The monoisotopic (exact) mass is 485 g/mol. The molecule has 2 saturated carbocycles. The molecule has 1 aromatic heterocycles. The van der Waals surface area contributed by atoms with Crippen LogP contribution in [0.2, 0.25) is 0 Å². The number of rotatable bonds is 8. The number of piperidine rings is 1. The molecule has 1 aromatic rings. The van der Waals surface area contributed by atoms with E-state index in [9.17, 15) is 9.59 Å². The molecule has 35 heavy (non-hydrogen) atoms. The number of amides is 2. The van der Waals surface area contributed by atoms with Gasteiger partial charge in [-0.15, -0.1) is 10.2 Å². The Labute approximate surface area is 209 Å². The molecule has 2 saturated heterocycles. The maximum atomic E-state index is 12.9. The molecule has 8 nitrogen and oxygen atoms in total. The maximum Gasteiger partial charge on any atom is 0.234 e. The van der Waals surface area contributed by atoms with E-state index in [-0.39, 0.29) is 23.3 Å². The highest BCUT2D eigenvalue weighted by atomic mass is 16.4. The quantitative estimate of drug-likeness (QED) is 0.594. The largest absolute Gasteiger partial charge is 0.423 e. The molecule has 5 rings (SSSR count). The third-order valence-corrected chi connectivity index (χ3v) is 8.80. The molecule has 4 fully saturated rings. The van der Waals surface area contributed by atoms with Gasteiger partial charge in [-0.05, 0) is 49.9 Å². The van der Waals surface area contributed by atoms with Crippen molar-refractivity contribution >= 4 is 11.8 Å². The van der Waals surface area contributed by atoms with Crippen LogP contribution in [-0.2, 0) is 9.59 Å². The molecular weight excluding hydrogens is 442 g/mol. The van der Waals surface area contributed by atoms with E-state index in [2.05, 4.69) is 39.2 Å². The number of likely N-dealkylation sites (tertiary alicyclic amines) is 2. The molecular formula is C27H43N5O3. The van der Waals surface area contributed by atoms with Crippen molar-refractivity contribution in [3.63, 3.8) is 0 Å². The van der Waals surface area contributed by atoms with Crippen molar-refractivity contribution in [2.75, 3.05) is 26.2 Å². The average molecular weight is 486 g/mol. The van der Waals surface area contributed by atoms with Crippen LogP contribution in [0.4, 0.5) is 0 Å². The Balaban J connectivity index is 1.20. The molecule has 1 atom stereocenters. The van der Waals surface area contributed by atoms with Crippen LogP contribution >= 0.6 is 0 Å². The van der Waals surface area contributed by atoms with Gasteiger partial charge in [-0.1, -0.05) is 46.0 Å². The van der Waals surface area contributed by atoms with Gasteiger partial charge in [0, 0.05) is 38.0 Å². The van der Waals surface area contributed by atoms with Crippen molar-refractivity contribution in [3.05, 3.63) is 11.8 Å². The van der Waals surface area contributed by atoms with Gasteiger partial charge in [-0.2, -0.15) is 0 Å². The van der Waals surface area contributed by atoms with Gasteiger partial charge in [0.25, 0.3) is 0 Å². The SMILES string of the molecule is CC(C)c1nnc(C2CC3(CCN(C(=O)CCC4CCCCC4)CC3)CN2CC(=O)NC2CC2)o1. The van der Waals surface area contributed by atoms with E-state index in [1.54, 1.807) is 0 Å². The Hall–Kier alpha value is -1.96. The summed E-state index contributed by atoms with van der Waals surface area (Å²) in [5.74, 6) is 2.64. The van der Waals surface area contributed by atoms with Gasteiger partial charge in [0.15, 0.2) is 0 Å². The van der Waals surface area contributed by atoms with Crippen molar-refractivity contribution in [1.82, 2.24) is 25.3 Å². The Morgan fingerprint density at radius 3 is 2.49 bits per heavy atom. The lowest BCUT2D eigenvalue weighted by Gasteiger charge is -2.39. The minimum Gasteiger partial charge on any atom is -0.423 e. The zero-order valence-electron chi connectivity index (χ0n) is 21.6. The Morgan fingerprint density at radius 2 is 1.83 bits per heavy atom. The molecule has 1 unspecified atom stereocenters. The summed E-state index contributed by atoms with van der Waals surface area (Å²) in [5, 5.41) is 11.8. The second kappa shape index (κ2) is 10.6. The summed E-state index contributed by atoms with van der Waals surface area (Å²) in [6.45, 7) is 6.95. The summed E-state index contributed by atoms with van der Waals surface area (Å²) in [7, 11) is 0. The predicted molar refractivity (Wildman–Crippen MR) is 133 cm³/mol. The summed E-state index contributed by atoms with van der Waals surface area (Å²) < 4.78 is 6.06. The van der Waals surface area contributed by atoms with Crippen molar-refractivity contribution in [3.8, 4) is 0 Å². The second-order valence-corrected chi connectivity index (χ2v) is 12.0. The highest BCUT2D eigenvalue weighted by Gasteiger charge is 2.48. The molecule has 2 aliphatic heterocycles. The average Bonchev–Trinajstić information content (AvgIpc) is 3.39. The summed E-state index contributed by atoms with van der Waals surface area (Å²) >= 11 is 0. The number of hydrogen-bond acceptors (Lipinski definition) is 6. The first kappa shape index (κ1) is 24.7. The smallest absolute Gasteiger partial charge is 0.234 e. The van der Waals surface area contributed by atoms with Gasteiger partial charge in [-0.25, -0.2) is 0 Å². The third-order valence-electron chi connectivity index (χ3n) is 8.80. The first-order valence-corrected chi connectivity index (χ1v) is 14.1. The van der Waals surface area contributed by atoms with Gasteiger partial charge in [0.05, 0.1) is 12.6 Å². The molecule has 1 N–H and O–H groups in total. The van der Waals surface area contributed by atoms with E-state index in [0.717, 1.165) is 64.1 Å². The van der Waals surface area contributed by atoms with Crippen LogP contribution in [0, 0.1) is 11.3 Å². The van der Waals surface area contributed by atoms with Crippen LogP contribution < -0.4 is 5.32 Å². The van der Waals surface area contributed by atoms with Crippen molar-refractivity contribution in [2.45, 2.75) is 109 Å². The van der Waals surface area contributed by atoms with Crippen molar-refractivity contribution in [1.29, 1.82) is 0 Å². The standard InChI is InChI=1S/C27H43N5O3/c1-19(2)25-29-30-26(35-25)22-16-27(18-32(22)17-23(33)28-21-9-10-21)12-14-31(15-13-27)24(34)11-8-20-6-4-3-5-7-20/h19-22H,3-18H2,1-2H3,(H,28,33). The lowest BCUT2D eigenvalue weighted by Crippen LogP contribution is -2.45. The van der Waals surface area contributed by atoms with Crippen LogP contribution in [0.1, 0.15) is 115 Å². The van der Waals surface area contributed by atoms with E-state index in [1.165, 1.54) is 32.1 Å². The Morgan fingerprint density at radius 1 is 1.09 bits per heavy atom. The summed E-state index contributed by atoms with van der Waals surface area (Å²) in [6, 6.07) is 0.324. The third kappa shape index (κ3) is 6.07. The minimum atomic E-state index is -0.0338. The lowest BCUT2D eigenvalue weighted by molar-refractivity contribution is -0.133. The van der Waals surface area contributed by atoms with Gasteiger partial charge in [0.1, 0.15) is 0 Å². The first-order valence-electron chi connectivity index (χ1n) is 14.1. The number of carbonyl (C=O) groups excluding carboxylic acids is 2. The number of aromatic nitrogens is 2. The lowest BCUT2D eigenvalue weighted by atomic mass is 9.76. The molecule has 0 bridgehead atoms. The predicted octanol–water partition coefficient (Wildman–Crippen LogP) is 4.19. The zero-order chi connectivity index (χ0) is 24.4. The molecule has 2 amide bonds. The fraction of sp³-hybridized carbons (Fsp3) is 0.852. The van der Waals surface area contributed by atoms with Crippen molar-refractivity contribution < 1.29 is 14.0 Å². The molecule has 4 aliphatic rings. The number of nitrogens with one attached hydrogen (secondary N) is 1. The summed E-state index contributed by atoms with van der Waals surface area (Å²) in [5.41, 5.74) is 0.0944. The first-order chi connectivity index (χ1) is 16.9. The molecule has 8 heteroatoms. The molecule has 1 spiro atoms. The van der Waals surface area contributed by atoms with Crippen LogP contribution in [-0.4, -0.2) is 64.0 Å². The van der Waals surface area contributed by atoms with E-state index in [1.807, 2.05) is 0 Å². The summed E-state index contributed by atoms with van der Waals surface area (Å²) in [4.78, 5) is 30.0. The molecule has 194 valence electrons. The van der Waals surface area contributed by atoms with Gasteiger partial charge in [-0.3, -0.25) is 14.5 Å². The topological polar surface area (TPSA) is 91.6 Å². The van der Waals surface area contributed by atoms with E-state index in [4.69, 9.17) is 4.42 Å². The van der Waals surface area contributed by atoms with Gasteiger partial charge < -0.3 is 14.6 Å². The highest BCUT2D eigenvalue weighted by Crippen LogP contribution is 2.49. The van der Waals surface area contributed by atoms with Crippen LogP contribution in [0.3, 0.4) is 0 Å². The van der Waals surface area contributed by atoms with E-state index >= 15 is 0 Å². The number of carbonyl (C=O) groups is 2. The second-order valence-electron chi connectivity index (χ2n) is 12.0. The van der Waals surface area contributed by atoms with Gasteiger partial charge >= 0.3 is 0 Å². The fourth-order valence-corrected chi connectivity index (χ4v) is 6.41. The minimum absolute atomic E-state index is 0.0338. The van der Waals surface area contributed by atoms with Crippen LogP contribution in [0.25, 0.3) is 0 Å². The zero-order valence-corrected chi connectivity index (χ0v) is 21.6. The molecule has 2 aliphatic carbocycles. The van der Waals surface area contributed by atoms with Crippen LogP contribution in [0.15, 0.2) is 4.42 Å². The van der Waals surface area contributed by atoms with Crippen molar-refractivity contribution in [2.24, 2.45) is 11.3 Å². The fourth-order valence-electron chi connectivity index (χ4n) is 6.41. The maximum absolute atomic E-state index is 12.9. The number of nitrogens with zero attached hydrogens (tertiary/aromatic N) is 4. The number of hydrogen-bond donors (Lipinski definition) is 1. The molecule has 0 aromatic carbocycles. The van der Waals surface area contributed by atoms with Gasteiger partial charge in [0.2, 0.25) is 23.6 Å². The Bertz CT molecular complexity index is 881. The van der Waals surface area contributed by atoms with E-state index < -0.39 is 0 Å². The van der Waals surface area contributed by atoms with Crippen LogP contribution in [0.5, 0.6) is 0 Å². The Kier molecular flexibility index (Phi) is 7.47. The highest BCUT2D eigenvalue weighted by molar-refractivity contribution is 5.78.